The third-order valence-electron chi connectivity index (χ3n) is 5.20. The lowest BCUT2D eigenvalue weighted by atomic mass is 9.86. The Hall–Kier alpha value is -2.79. The molecule has 2 aromatic carbocycles. The molecule has 1 heterocycles. The Balaban J connectivity index is 1.73. The molecule has 1 aliphatic rings. The predicted octanol–water partition coefficient (Wildman–Crippen LogP) is 4.76. The van der Waals surface area contributed by atoms with Gasteiger partial charge in [0, 0.05) is 6.07 Å². The molecule has 2 aromatic rings. The van der Waals surface area contributed by atoms with Crippen LogP contribution >= 0.6 is 0 Å². The molecule has 0 aromatic heterocycles. The van der Waals surface area contributed by atoms with Crippen molar-refractivity contribution in [2.75, 3.05) is 0 Å². The highest BCUT2D eigenvalue weighted by molar-refractivity contribution is 6.13. The molecule has 0 spiro atoms. The molecule has 1 unspecified atom stereocenters. The first-order chi connectivity index (χ1) is 13.9. The van der Waals surface area contributed by atoms with Crippen LogP contribution < -0.4 is 9.47 Å². The largest absolute Gasteiger partial charge is 0.515 e. The lowest BCUT2D eigenvalue weighted by Gasteiger charge is -2.34. The van der Waals surface area contributed by atoms with Gasteiger partial charge in [0.25, 0.3) is 0 Å². The summed E-state index contributed by atoms with van der Waals surface area (Å²) in [5, 5.41) is 19.3. The van der Waals surface area contributed by atoms with Gasteiger partial charge in [-0.1, -0.05) is 30.3 Å². The first-order valence-corrected chi connectivity index (χ1v) is 9.92. The monoisotopic (exact) mass is 396 g/mol. The van der Waals surface area contributed by atoms with E-state index in [1.54, 1.807) is 26.0 Å². The van der Waals surface area contributed by atoms with Crippen LogP contribution in [0.3, 0.4) is 0 Å². The lowest BCUT2D eigenvalue weighted by Crippen LogP contribution is -2.39. The fourth-order valence-corrected chi connectivity index (χ4v) is 3.66. The molecule has 5 nitrogen and oxygen atoms in total. The number of aryl methyl sites for hydroxylation is 1. The molecule has 0 bridgehead atoms. The van der Waals surface area contributed by atoms with E-state index in [1.165, 1.54) is 5.56 Å². The second-order valence-corrected chi connectivity index (χ2v) is 7.90. The molecule has 0 aliphatic carbocycles. The molecule has 0 amide bonds. The van der Waals surface area contributed by atoms with Crippen molar-refractivity contribution in [3.63, 3.8) is 0 Å². The number of ether oxygens (including phenoxy) is 2. The van der Waals surface area contributed by atoms with Gasteiger partial charge in [0.15, 0.2) is 5.78 Å². The van der Waals surface area contributed by atoms with E-state index >= 15 is 0 Å². The fraction of sp³-hybridized carbons (Fsp3) is 0.375. The number of hydrogen-bond donors (Lipinski definition) is 2. The summed E-state index contributed by atoms with van der Waals surface area (Å²) in [6, 6.07) is 13.7. The van der Waals surface area contributed by atoms with E-state index in [-0.39, 0.29) is 29.6 Å². The SMILES string of the molecule is CC(CCCc1ccccc1)Oc1cc(CO)c2c(c1)OC(C)(C)C(=CO)C2=O. The smallest absolute Gasteiger partial charge is 0.200 e. The van der Waals surface area contributed by atoms with Gasteiger partial charge < -0.3 is 19.7 Å². The van der Waals surface area contributed by atoms with E-state index in [0.717, 1.165) is 25.5 Å². The molecule has 5 heteroatoms. The summed E-state index contributed by atoms with van der Waals surface area (Å²) in [4.78, 5) is 12.8. The van der Waals surface area contributed by atoms with Crippen molar-refractivity contribution in [1.82, 2.24) is 0 Å². The summed E-state index contributed by atoms with van der Waals surface area (Å²) in [6.45, 7) is 5.12. The highest BCUT2D eigenvalue weighted by atomic mass is 16.5. The second-order valence-electron chi connectivity index (χ2n) is 7.90. The van der Waals surface area contributed by atoms with Crippen molar-refractivity contribution in [1.29, 1.82) is 0 Å². The molecule has 1 aliphatic heterocycles. The van der Waals surface area contributed by atoms with Gasteiger partial charge >= 0.3 is 0 Å². The third-order valence-corrected chi connectivity index (χ3v) is 5.20. The predicted molar refractivity (Wildman–Crippen MR) is 112 cm³/mol. The Morgan fingerprint density at radius 3 is 2.59 bits per heavy atom. The number of rotatable bonds is 7. The van der Waals surface area contributed by atoms with Crippen molar-refractivity contribution in [2.45, 2.75) is 58.3 Å². The Bertz CT molecular complexity index is 899. The van der Waals surface area contributed by atoms with E-state index in [1.807, 2.05) is 25.1 Å². The van der Waals surface area contributed by atoms with Crippen LogP contribution in [0.1, 0.15) is 55.1 Å². The van der Waals surface area contributed by atoms with Gasteiger partial charge in [-0.15, -0.1) is 0 Å². The number of ketones is 1. The lowest BCUT2D eigenvalue weighted by molar-refractivity contribution is 0.0835. The van der Waals surface area contributed by atoms with Gasteiger partial charge in [-0.05, 0) is 57.2 Å². The van der Waals surface area contributed by atoms with Crippen LogP contribution in [0.4, 0.5) is 0 Å². The normalized spacial score (nSPS) is 17.5. The van der Waals surface area contributed by atoms with Crippen LogP contribution in [0.2, 0.25) is 0 Å². The molecule has 0 fully saturated rings. The van der Waals surface area contributed by atoms with Crippen molar-refractivity contribution < 1.29 is 24.5 Å². The highest BCUT2D eigenvalue weighted by Gasteiger charge is 2.40. The molecular weight excluding hydrogens is 368 g/mol. The molecule has 0 saturated heterocycles. The molecule has 1 atom stereocenters. The van der Waals surface area contributed by atoms with Crippen molar-refractivity contribution in [2.24, 2.45) is 0 Å². The Morgan fingerprint density at radius 2 is 1.93 bits per heavy atom. The fourth-order valence-electron chi connectivity index (χ4n) is 3.66. The second kappa shape index (κ2) is 8.70. The number of carbonyl (C=O) groups excluding carboxylic acids is 1. The van der Waals surface area contributed by atoms with E-state index in [4.69, 9.17) is 9.47 Å². The maximum Gasteiger partial charge on any atom is 0.200 e. The zero-order chi connectivity index (χ0) is 21.0. The minimum absolute atomic E-state index is 0.0245. The van der Waals surface area contributed by atoms with Gasteiger partial charge in [-0.3, -0.25) is 4.79 Å². The zero-order valence-electron chi connectivity index (χ0n) is 17.1. The highest BCUT2D eigenvalue weighted by Crippen LogP contribution is 2.40. The van der Waals surface area contributed by atoms with Crippen molar-refractivity contribution in [3.05, 3.63) is 71.0 Å². The molecule has 154 valence electrons. The molecule has 2 N–H and O–H groups in total. The average molecular weight is 396 g/mol. The van der Waals surface area contributed by atoms with Gasteiger partial charge in [-0.2, -0.15) is 0 Å². The standard InChI is InChI=1S/C24H28O5/c1-16(8-7-11-17-9-5-4-6-10-17)28-19-12-18(14-25)22-21(13-19)29-24(2,3)20(15-26)23(22)27/h4-6,9-10,12-13,15-16,25-26H,7-8,11,14H2,1-3H3. The summed E-state index contributed by atoms with van der Waals surface area (Å²) in [7, 11) is 0. The summed E-state index contributed by atoms with van der Waals surface area (Å²) >= 11 is 0. The number of benzene rings is 2. The maximum atomic E-state index is 12.8. The number of aliphatic hydroxyl groups is 2. The number of carbonyl (C=O) groups is 1. The summed E-state index contributed by atoms with van der Waals surface area (Å²) < 4.78 is 12.0. The number of aliphatic hydroxyl groups excluding tert-OH is 2. The van der Waals surface area contributed by atoms with Gasteiger partial charge in [0.2, 0.25) is 0 Å². The number of hydrogen-bond acceptors (Lipinski definition) is 5. The van der Waals surface area contributed by atoms with E-state index in [2.05, 4.69) is 12.1 Å². The van der Waals surface area contributed by atoms with Crippen LogP contribution in [-0.2, 0) is 13.0 Å². The topological polar surface area (TPSA) is 76.0 Å². The van der Waals surface area contributed by atoms with Crippen LogP contribution in [0.15, 0.2) is 54.3 Å². The van der Waals surface area contributed by atoms with E-state index in [9.17, 15) is 15.0 Å². The van der Waals surface area contributed by atoms with Gasteiger partial charge in [-0.25, -0.2) is 0 Å². The van der Waals surface area contributed by atoms with Crippen LogP contribution in [0, 0.1) is 0 Å². The van der Waals surface area contributed by atoms with Crippen molar-refractivity contribution >= 4 is 5.78 Å². The molecular formula is C24H28O5. The average Bonchev–Trinajstić information content (AvgIpc) is 2.67. The minimum Gasteiger partial charge on any atom is -0.515 e. The summed E-state index contributed by atoms with van der Waals surface area (Å²) in [6.07, 6.45) is 3.62. The van der Waals surface area contributed by atoms with Crippen LogP contribution in [-0.4, -0.2) is 27.7 Å². The Morgan fingerprint density at radius 1 is 1.21 bits per heavy atom. The summed E-state index contributed by atoms with van der Waals surface area (Å²) in [5.41, 5.74) is 1.19. The van der Waals surface area contributed by atoms with Gasteiger partial charge in [0.05, 0.1) is 30.1 Å². The number of fused-ring (bicyclic) bond motifs is 1. The first-order valence-electron chi connectivity index (χ1n) is 9.92. The molecule has 3 rings (SSSR count). The summed E-state index contributed by atoms with van der Waals surface area (Å²) in [5.74, 6) is 0.578. The van der Waals surface area contributed by atoms with E-state index < -0.39 is 5.60 Å². The quantitative estimate of drug-likeness (QED) is 0.521. The Kier molecular flexibility index (Phi) is 6.28. The van der Waals surface area contributed by atoms with Crippen LogP contribution in [0.25, 0.3) is 0 Å². The molecule has 0 saturated carbocycles. The third kappa shape index (κ3) is 4.62. The molecule has 29 heavy (non-hydrogen) atoms. The minimum atomic E-state index is -0.967. The first kappa shape index (κ1) is 20.9. The van der Waals surface area contributed by atoms with E-state index in [0.29, 0.717) is 17.1 Å². The van der Waals surface area contributed by atoms with Gasteiger partial charge in [0.1, 0.15) is 17.1 Å². The molecule has 0 radical (unpaired) electrons. The van der Waals surface area contributed by atoms with Crippen molar-refractivity contribution in [3.8, 4) is 11.5 Å². The zero-order valence-corrected chi connectivity index (χ0v) is 17.1. The van der Waals surface area contributed by atoms with Crippen LogP contribution in [0.5, 0.6) is 11.5 Å². The Labute approximate surface area is 171 Å². The number of Topliss-reactive ketones (excluding diaryl/α,β-unsaturated/α-hetero) is 1. The maximum absolute atomic E-state index is 12.8.